The molecule has 4 heterocycles. The molecule has 0 saturated carbocycles. The summed E-state index contributed by atoms with van der Waals surface area (Å²) in [5, 5.41) is 6.61. The van der Waals surface area contributed by atoms with Gasteiger partial charge in [-0.25, -0.2) is 0 Å². The molecular formula is C23H24ClN5O2S. The van der Waals surface area contributed by atoms with E-state index in [2.05, 4.69) is 26.3 Å². The Morgan fingerprint density at radius 3 is 2.62 bits per heavy atom. The summed E-state index contributed by atoms with van der Waals surface area (Å²) >= 11 is 8.23. The van der Waals surface area contributed by atoms with Gasteiger partial charge in [0.2, 0.25) is 5.91 Å². The van der Waals surface area contributed by atoms with E-state index in [0.717, 1.165) is 32.6 Å². The number of piperazine rings is 1. The Kier molecular flexibility index (Phi) is 5.99. The molecule has 0 unspecified atom stereocenters. The van der Waals surface area contributed by atoms with Crippen molar-refractivity contribution in [1.82, 2.24) is 19.6 Å². The first-order chi connectivity index (χ1) is 15.6. The van der Waals surface area contributed by atoms with E-state index in [1.54, 1.807) is 17.5 Å². The van der Waals surface area contributed by atoms with E-state index in [1.807, 2.05) is 35.2 Å². The maximum Gasteiger partial charge on any atom is 0.292 e. The van der Waals surface area contributed by atoms with Crippen LogP contribution in [0.5, 0.6) is 0 Å². The number of hydrogen-bond donors (Lipinski definition) is 0. The lowest BCUT2D eigenvalue weighted by molar-refractivity contribution is -0.133. The Balaban J connectivity index is 1.20. The fourth-order valence-corrected chi connectivity index (χ4v) is 5.44. The molecule has 0 atom stereocenters. The number of carbonyl (C=O) groups is 1. The number of aromatic nitrogens is 2. The van der Waals surface area contributed by atoms with Crippen molar-refractivity contribution in [2.45, 2.75) is 13.0 Å². The summed E-state index contributed by atoms with van der Waals surface area (Å²) in [7, 11) is 0. The lowest BCUT2D eigenvalue weighted by Gasteiger charge is -2.37. The number of fused-ring (bicyclic) bond motifs is 1. The molecule has 1 aromatic carbocycles. The summed E-state index contributed by atoms with van der Waals surface area (Å²) in [5.41, 5.74) is 2.29. The lowest BCUT2D eigenvalue weighted by Crippen LogP contribution is -2.51. The van der Waals surface area contributed by atoms with Crippen molar-refractivity contribution in [2.75, 3.05) is 44.2 Å². The third-order valence-electron chi connectivity index (χ3n) is 6.13. The zero-order chi connectivity index (χ0) is 22.1. The SMILES string of the molecule is O=C(CN1CCN(c2cnn(-c3ccccc3)c(=O)c2Cl)CC1)N1CCc2sccc2C1. The molecule has 0 N–H and O–H groups in total. The van der Waals surface area contributed by atoms with Crippen molar-refractivity contribution < 1.29 is 4.79 Å². The standard InChI is InChI=1S/C23H24ClN5O2S/c24-22-19(14-25-29(23(22)31)18-4-2-1-3-5-18)27-11-9-26(10-12-27)16-21(30)28-8-6-20-17(15-28)7-13-32-20/h1-5,7,13-14H,6,8-12,15-16H2. The molecule has 0 radical (unpaired) electrons. The van der Waals surface area contributed by atoms with Crippen LogP contribution in [0.1, 0.15) is 10.4 Å². The second-order valence-electron chi connectivity index (χ2n) is 8.09. The largest absolute Gasteiger partial charge is 0.366 e. The molecule has 3 aromatic rings. The summed E-state index contributed by atoms with van der Waals surface area (Å²) in [6.45, 7) is 4.80. The van der Waals surface area contributed by atoms with E-state index >= 15 is 0 Å². The van der Waals surface area contributed by atoms with Crippen molar-refractivity contribution >= 4 is 34.5 Å². The van der Waals surface area contributed by atoms with Crippen LogP contribution in [0.4, 0.5) is 5.69 Å². The third kappa shape index (κ3) is 4.18. The van der Waals surface area contributed by atoms with Crippen molar-refractivity contribution in [3.05, 3.63) is 73.8 Å². The van der Waals surface area contributed by atoms with Gasteiger partial charge in [-0.15, -0.1) is 11.3 Å². The molecule has 0 spiro atoms. The molecule has 166 valence electrons. The summed E-state index contributed by atoms with van der Waals surface area (Å²) in [4.78, 5) is 33.2. The van der Waals surface area contributed by atoms with Crippen molar-refractivity contribution in [3.63, 3.8) is 0 Å². The minimum atomic E-state index is -0.328. The maximum atomic E-state index is 12.8. The minimum absolute atomic E-state index is 0.174. The average molecular weight is 470 g/mol. The number of nitrogens with zero attached hydrogens (tertiary/aromatic N) is 5. The number of benzene rings is 1. The number of rotatable bonds is 4. The van der Waals surface area contributed by atoms with E-state index in [9.17, 15) is 9.59 Å². The van der Waals surface area contributed by atoms with Crippen LogP contribution >= 0.6 is 22.9 Å². The first kappa shape index (κ1) is 21.2. The first-order valence-electron chi connectivity index (χ1n) is 10.7. The van der Waals surface area contributed by atoms with Crippen LogP contribution in [-0.2, 0) is 17.8 Å². The molecule has 5 rings (SSSR count). The molecular weight excluding hydrogens is 446 g/mol. The van der Waals surface area contributed by atoms with E-state index < -0.39 is 0 Å². The first-order valence-corrected chi connectivity index (χ1v) is 12.0. The van der Waals surface area contributed by atoms with Gasteiger partial charge >= 0.3 is 0 Å². The Morgan fingerprint density at radius 1 is 1.06 bits per heavy atom. The Bertz CT molecular complexity index is 1170. The second-order valence-corrected chi connectivity index (χ2v) is 9.47. The molecule has 0 aliphatic carbocycles. The van der Waals surface area contributed by atoms with Gasteiger partial charge in [-0.3, -0.25) is 14.5 Å². The highest BCUT2D eigenvalue weighted by Crippen LogP contribution is 2.25. The molecule has 1 saturated heterocycles. The van der Waals surface area contributed by atoms with E-state index in [1.165, 1.54) is 15.1 Å². The second kappa shape index (κ2) is 9.05. The minimum Gasteiger partial charge on any atom is -0.366 e. The topological polar surface area (TPSA) is 61.7 Å². The molecule has 1 amide bonds. The predicted molar refractivity (Wildman–Crippen MR) is 127 cm³/mol. The highest BCUT2D eigenvalue weighted by molar-refractivity contribution is 7.10. The van der Waals surface area contributed by atoms with Crippen LogP contribution in [0.15, 0.2) is 52.8 Å². The van der Waals surface area contributed by atoms with Gasteiger partial charge in [-0.1, -0.05) is 29.8 Å². The van der Waals surface area contributed by atoms with E-state index in [4.69, 9.17) is 11.6 Å². The number of para-hydroxylation sites is 1. The molecule has 7 nitrogen and oxygen atoms in total. The zero-order valence-electron chi connectivity index (χ0n) is 17.6. The Hall–Kier alpha value is -2.68. The smallest absolute Gasteiger partial charge is 0.292 e. The van der Waals surface area contributed by atoms with Gasteiger partial charge in [0.1, 0.15) is 5.02 Å². The van der Waals surface area contributed by atoms with Gasteiger partial charge in [0.25, 0.3) is 5.56 Å². The molecule has 2 aliphatic rings. The maximum absolute atomic E-state index is 12.8. The summed E-state index contributed by atoms with van der Waals surface area (Å²) < 4.78 is 1.32. The van der Waals surface area contributed by atoms with Crippen LogP contribution < -0.4 is 10.5 Å². The summed E-state index contributed by atoms with van der Waals surface area (Å²) in [6.07, 6.45) is 2.61. The van der Waals surface area contributed by atoms with Crippen molar-refractivity contribution in [2.24, 2.45) is 0 Å². The quantitative estimate of drug-likeness (QED) is 0.588. The van der Waals surface area contributed by atoms with Gasteiger partial charge < -0.3 is 9.80 Å². The van der Waals surface area contributed by atoms with E-state index in [0.29, 0.717) is 31.0 Å². The number of anilines is 1. The highest BCUT2D eigenvalue weighted by Gasteiger charge is 2.26. The third-order valence-corrected chi connectivity index (χ3v) is 7.51. The lowest BCUT2D eigenvalue weighted by atomic mass is 10.1. The average Bonchev–Trinajstić information content (AvgIpc) is 3.30. The van der Waals surface area contributed by atoms with E-state index in [-0.39, 0.29) is 16.5 Å². The van der Waals surface area contributed by atoms with Crippen LogP contribution in [0.2, 0.25) is 5.02 Å². The Labute approximate surface area is 195 Å². The van der Waals surface area contributed by atoms with Crippen LogP contribution in [-0.4, -0.2) is 64.8 Å². The van der Waals surface area contributed by atoms with Gasteiger partial charge in [0.05, 0.1) is 24.1 Å². The fourth-order valence-electron chi connectivity index (χ4n) is 4.30. The molecule has 32 heavy (non-hydrogen) atoms. The fraction of sp³-hybridized carbons (Fsp3) is 0.348. The van der Waals surface area contributed by atoms with Crippen molar-refractivity contribution in [3.8, 4) is 5.69 Å². The molecule has 1 fully saturated rings. The number of carbonyl (C=O) groups excluding carboxylic acids is 1. The van der Waals surface area contributed by atoms with Crippen LogP contribution in [0, 0.1) is 0 Å². The van der Waals surface area contributed by atoms with Gasteiger partial charge in [-0.05, 0) is 35.6 Å². The number of halogens is 1. The van der Waals surface area contributed by atoms with Gasteiger partial charge in [-0.2, -0.15) is 9.78 Å². The predicted octanol–water partition coefficient (Wildman–Crippen LogP) is 2.65. The van der Waals surface area contributed by atoms with Crippen LogP contribution in [0.3, 0.4) is 0 Å². The number of thiophene rings is 1. The molecule has 2 aromatic heterocycles. The zero-order valence-corrected chi connectivity index (χ0v) is 19.2. The highest BCUT2D eigenvalue weighted by atomic mass is 35.5. The molecule has 0 bridgehead atoms. The summed E-state index contributed by atoms with van der Waals surface area (Å²) in [6, 6.07) is 11.4. The van der Waals surface area contributed by atoms with Gasteiger partial charge in [0, 0.05) is 44.1 Å². The summed E-state index contributed by atoms with van der Waals surface area (Å²) in [5.74, 6) is 0.181. The van der Waals surface area contributed by atoms with Crippen LogP contribution in [0.25, 0.3) is 5.69 Å². The monoisotopic (exact) mass is 469 g/mol. The van der Waals surface area contributed by atoms with Crippen molar-refractivity contribution in [1.29, 1.82) is 0 Å². The normalized spacial score (nSPS) is 16.8. The Morgan fingerprint density at radius 2 is 1.84 bits per heavy atom. The molecule has 2 aliphatic heterocycles. The van der Waals surface area contributed by atoms with Gasteiger partial charge in [0.15, 0.2) is 0 Å². The molecule has 9 heteroatoms. The number of amides is 1. The number of hydrogen-bond acceptors (Lipinski definition) is 6.